The van der Waals surface area contributed by atoms with Crippen LogP contribution in [0.25, 0.3) is 6.08 Å². The number of ether oxygens (including phenoxy) is 4. The molecule has 0 radical (unpaired) electrons. The van der Waals surface area contributed by atoms with Crippen molar-refractivity contribution in [3.63, 3.8) is 0 Å². The maximum absolute atomic E-state index is 12.9. The van der Waals surface area contributed by atoms with Gasteiger partial charge in [-0.25, -0.2) is 0 Å². The van der Waals surface area contributed by atoms with Crippen LogP contribution in [0, 0.1) is 6.92 Å². The van der Waals surface area contributed by atoms with Crippen LogP contribution in [-0.4, -0.2) is 20.0 Å². The number of methoxy groups -OCH3 is 2. The van der Waals surface area contributed by atoms with Gasteiger partial charge in [0.25, 0.3) is 0 Å². The Labute approximate surface area is 185 Å². The third-order valence-corrected chi connectivity index (χ3v) is 5.37. The van der Waals surface area contributed by atoms with E-state index in [2.05, 4.69) is 0 Å². The first kappa shape index (κ1) is 20.8. The van der Waals surface area contributed by atoms with Crippen LogP contribution in [0.5, 0.6) is 23.0 Å². The monoisotopic (exact) mass is 436 g/mol. The Morgan fingerprint density at radius 2 is 1.77 bits per heavy atom. The zero-order valence-corrected chi connectivity index (χ0v) is 18.2. The molecule has 0 aliphatic carbocycles. The number of aryl methyl sites for hydroxylation is 1. The molecule has 5 nitrogen and oxygen atoms in total. The Morgan fingerprint density at radius 1 is 1.00 bits per heavy atom. The minimum atomic E-state index is -0.167. The fourth-order valence-electron chi connectivity index (χ4n) is 3.43. The predicted octanol–water partition coefficient (Wildman–Crippen LogP) is 5.86. The van der Waals surface area contributed by atoms with Crippen LogP contribution in [0.2, 0.25) is 5.02 Å². The maximum Gasteiger partial charge on any atom is 0.232 e. The number of hydrogen-bond acceptors (Lipinski definition) is 5. The van der Waals surface area contributed by atoms with Crippen LogP contribution in [0.3, 0.4) is 0 Å². The van der Waals surface area contributed by atoms with Gasteiger partial charge in [-0.15, -0.1) is 0 Å². The summed E-state index contributed by atoms with van der Waals surface area (Å²) in [5.74, 6) is 2.35. The zero-order chi connectivity index (χ0) is 22.0. The van der Waals surface area contributed by atoms with Crippen LogP contribution >= 0.6 is 11.6 Å². The summed E-state index contributed by atoms with van der Waals surface area (Å²) < 4.78 is 22.4. The van der Waals surface area contributed by atoms with Gasteiger partial charge in [0.15, 0.2) is 17.3 Å². The van der Waals surface area contributed by atoms with Gasteiger partial charge in [0.05, 0.1) is 19.8 Å². The molecule has 31 heavy (non-hydrogen) atoms. The summed E-state index contributed by atoms with van der Waals surface area (Å²) in [5, 5.41) is 0.645. The SMILES string of the molecule is COc1ccc(/C=C2\Oc3cc(OCc4ccccc4Cl)cc(C)c3C2=O)cc1OC. The summed E-state index contributed by atoms with van der Waals surface area (Å²) in [5.41, 5.74) is 2.97. The molecule has 0 amide bonds. The van der Waals surface area contributed by atoms with Crippen molar-refractivity contribution in [1.29, 1.82) is 0 Å². The van der Waals surface area contributed by atoms with Crippen molar-refractivity contribution in [3.8, 4) is 23.0 Å². The van der Waals surface area contributed by atoms with E-state index in [4.69, 9.17) is 30.5 Å². The molecule has 0 saturated heterocycles. The summed E-state index contributed by atoms with van der Waals surface area (Å²) in [6, 6.07) is 16.5. The summed E-state index contributed by atoms with van der Waals surface area (Å²) in [7, 11) is 3.14. The van der Waals surface area contributed by atoms with Crippen LogP contribution < -0.4 is 18.9 Å². The van der Waals surface area contributed by atoms with Gasteiger partial charge in [0.1, 0.15) is 18.1 Å². The van der Waals surface area contributed by atoms with Crippen molar-refractivity contribution in [1.82, 2.24) is 0 Å². The first-order valence-corrected chi connectivity index (χ1v) is 10.0. The van der Waals surface area contributed by atoms with Gasteiger partial charge in [-0.2, -0.15) is 0 Å². The van der Waals surface area contributed by atoms with Crippen molar-refractivity contribution < 1.29 is 23.7 Å². The lowest BCUT2D eigenvalue weighted by atomic mass is 10.0. The third kappa shape index (κ3) is 4.23. The zero-order valence-electron chi connectivity index (χ0n) is 17.4. The largest absolute Gasteiger partial charge is 0.493 e. The molecular formula is C25H21ClO5. The number of carbonyl (C=O) groups is 1. The van der Waals surface area contributed by atoms with Crippen molar-refractivity contribution >= 4 is 23.5 Å². The molecule has 0 saturated carbocycles. The number of ketones is 1. The average Bonchev–Trinajstić information content (AvgIpc) is 3.08. The number of carbonyl (C=O) groups excluding carboxylic acids is 1. The van der Waals surface area contributed by atoms with Crippen LogP contribution in [-0.2, 0) is 6.61 Å². The van der Waals surface area contributed by atoms with E-state index >= 15 is 0 Å². The highest BCUT2D eigenvalue weighted by Crippen LogP contribution is 2.38. The number of Topliss-reactive ketones (excluding diaryl/α,β-unsaturated/α-hetero) is 1. The van der Waals surface area contributed by atoms with Gasteiger partial charge >= 0.3 is 0 Å². The minimum absolute atomic E-state index is 0.167. The number of benzene rings is 3. The summed E-state index contributed by atoms with van der Waals surface area (Å²) in [6.45, 7) is 2.18. The number of allylic oxidation sites excluding steroid dienone is 1. The molecule has 0 aromatic heterocycles. The Balaban J connectivity index is 1.58. The number of rotatable bonds is 6. The van der Waals surface area contributed by atoms with Crippen LogP contribution in [0.15, 0.2) is 60.4 Å². The second kappa shape index (κ2) is 8.74. The van der Waals surface area contributed by atoms with Crippen LogP contribution in [0.1, 0.15) is 27.0 Å². The van der Waals surface area contributed by atoms with Crippen molar-refractivity contribution in [2.45, 2.75) is 13.5 Å². The molecule has 0 spiro atoms. The third-order valence-electron chi connectivity index (χ3n) is 5.00. The van der Waals surface area contributed by atoms with Gasteiger partial charge < -0.3 is 18.9 Å². The highest BCUT2D eigenvalue weighted by atomic mass is 35.5. The number of fused-ring (bicyclic) bond motifs is 1. The molecule has 158 valence electrons. The van der Waals surface area contributed by atoms with E-state index in [1.54, 1.807) is 38.5 Å². The summed E-state index contributed by atoms with van der Waals surface area (Å²) in [4.78, 5) is 12.9. The number of hydrogen-bond donors (Lipinski definition) is 0. The van der Waals surface area contributed by atoms with Gasteiger partial charge in [0.2, 0.25) is 5.78 Å². The minimum Gasteiger partial charge on any atom is -0.493 e. The van der Waals surface area contributed by atoms with Crippen LogP contribution in [0.4, 0.5) is 0 Å². The lowest BCUT2D eigenvalue weighted by Crippen LogP contribution is -2.00. The smallest absolute Gasteiger partial charge is 0.232 e. The van der Waals surface area contributed by atoms with Crippen molar-refractivity contribution in [2.24, 2.45) is 0 Å². The Bertz CT molecular complexity index is 1180. The fraction of sp³-hybridized carbons (Fsp3) is 0.160. The highest BCUT2D eigenvalue weighted by molar-refractivity contribution is 6.31. The van der Waals surface area contributed by atoms with E-state index in [9.17, 15) is 4.79 Å². The standard InChI is InChI=1S/C25H21ClO5/c1-15-10-18(30-14-17-6-4-5-7-19(17)26)13-22-24(15)25(27)23(31-22)12-16-8-9-20(28-2)21(11-16)29-3/h4-13H,14H2,1-3H3/b23-12-. The Kier molecular flexibility index (Phi) is 5.87. The molecule has 0 bridgehead atoms. The molecule has 6 heteroatoms. The molecule has 0 fully saturated rings. The summed E-state index contributed by atoms with van der Waals surface area (Å²) in [6.07, 6.45) is 1.69. The maximum atomic E-state index is 12.9. The predicted molar refractivity (Wildman–Crippen MR) is 119 cm³/mol. The van der Waals surface area contributed by atoms with E-state index < -0.39 is 0 Å². The molecule has 1 aliphatic rings. The molecule has 1 aliphatic heterocycles. The molecule has 3 aromatic rings. The molecule has 0 N–H and O–H groups in total. The normalized spacial score (nSPS) is 13.7. The average molecular weight is 437 g/mol. The Morgan fingerprint density at radius 3 is 2.52 bits per heavy atom. The fourth-order valence-corrected chi connectivity index (χ4v) is 3.62. The van der Waals surface area contributed by atoms with E-state index in [1.807, 2.05) is 43.3 Å². The topological polar surface area (TPSA) is 54.0 Å². The molecule has 3 aromatic carbocycles. The second-order valence-electron chi connectivity index (χ2n) is 7.05. The van der Waals surface area contributed by atoms with Crippen molar-refractivity contribution in [2.75, 3.05) is 14.2 Å². The van der Waals surface area contributed by atoms with E-state index in [-0.39, 0.29) is 11.5 Å². The van der Waals surface area contributed by atoms with E-state index in [1.165, 1.54) is 0 Å². The molecular weight excluding hydrogens is 416 g/mol. The van der Waals surface area contributed by atoms with Gasteiger partial charge in [-0.05, 0) is 48.4 Å². The lowest BCUT2D eigenvalue weighted by molar-refractivity contribution is 0.101. The van der Waals surface area contributed by atoms with Gasteiger partial charge in [-0.3, -0.25) is 4.79 Å². The van der Waals surface area contributed by atoms with E-state index in [0.29, 0.717) is 40.2 Å². The van der Waals surface area contributed by atoms with Gasteiger partial charge in [-0.1, -0.05) is 35.9 Å². The van der Waals surface area contributed by atoms with Gasteiger partial charge in [0, 0.05) is 16.7 Å². The Hall–Kier alpha value is -3.44. The molecule has 0 atom stereocenters. The lowest BCUT2D eigenvalue weighted by Gasteiger charge is -2.10. The molecule has 0 unspecified atom stereocenters. The number of halogens is 1. The summed E-state index contributed by atoms with van der Waals surface area (Å²) >= 11 is 6.20. The highest BCUT2D eigenvalue weighted by Gasteiger charge is 2.30. The quantitative estimate of drug-likeness (QED) is 0.453. The first-order chi connectivity index (χ1) is 15.0. The molecule has 1 heterocycles. The van der Waals surface area contributed by atoms with Crippen molar-refractivity contribution in [3.05, 3.63) is 87.6 Å². The molecule has 4 rings (SSSR count). The second-order valence-corrected chi connectivity index (χ2v) is 7.45. The first-order valence-electron chi connectivity index (χ1n) is 9.67. The van der Waals surface area contributed by atoms with E-state index in [0.717, 1.165) is 16.7 Å².